The van der Waals surface area contributed by atoms with Crippen molar-refractivity contribution in [3.8, 4) is 23.0 Å². The first kappa shape index (κ1) is 23.7. The Balaban J connectivity index is 1.28. The Morgan fingerprint density at radius 1 is 1.06 bits per heavy atom. The van der Waals surface area contributed by atoms with Gasteiger partial charge >= 0.3 is 0 Å². The molecule has 2 bridgehead atoms. The molecule has 188 valence electrons. The number of carbonyl (C=O) groups is 2. The van der Waals surface area contributed by atoms with Crippen molar-refractivity contribution in [3.05, 3.63) is 54.7 Å². The number of ether oxygens (including phenoxy) is 3. The fraction of sp³-hybridized carbons (Fsp3) is 0.400. The van der Waals surface area contributed by atoms with Crippen LogP contribution < -0.4 is 9.47 Å². The smallest absolute Gasteiger partial charge is 0.278 e. The summed E-state index contributed by atoms with van der Waals surface area (Å²) < 4.78 is 18.3. The van der Waals surface area contributed by atoms with E-state index in [4.69, 9.17) is 14.2 Å². The lowest BCUT2D eigenvalue weighted by Gasteiger charge is -2.46. The van der Waals surface area contributed by atoms with Gasteiger partial charge in [-0.3, -0.25) is 9.59 Å². The zero-order valence-electron chi connectivity index (χ0n) is 20.4. The Kier molecular flexibility index (Phi) is 6.55. The third-order valence-corrected chi connectivity index (χ3v) is 6.51. The Bertz CT molecular complexity index is 1240. The van der Waals surface area contributed by atoms with Crippen molar-refractivity contribution in [1.82, 2.24) is 29.3 Å². The molecule has 1 aromatic carbocycles. The molecular formula is C25H28N6O5. The van der Waals surface area contributed by atoms with E-state index in [1.807, 2.05) is 24.0 Å². The van der Waals surface area contributed by atoms with Crippen LogP contribution in [0.15, 0.2) is 49.2 Å². The van der Waals surface area contributed by atoms with E-state index in [9.17, 15) is 9.59 Å². The molecular weight excluding hydrogens is 464 g/mol. The van der Waals surface area contributed by atoms with Crippen LogP contribution in [0.3, 0.4) is 0 Å². The number of morpholine rings is 2. The van der Waals surface area contributed by atoms with Gasteiger partial charge in [-0.15, -0.1) is 0 Å². The van der Waals surface area contributed by atoms with E-state index in [1.54, 1.807) is 46.5 Å². The summed E-state index contributed by atoms with van der Waals surface area (Å²) >= 11 is 0. The molecule has 0 radical (unpaired) electrons. The predicted octanol–water partition coefficient (Wildman–Crippen LogP) is 1.67. The van der Waals surface area contributed by atoms with Crippen LogP contribution in [-0.2, 0) is 9.53 Å². The van der Waals surface area contributed by atoms with Crippen molar-refractivity contribution in [1.29, 1.82) is 0 Å². The molecule has 2 saturated heterocycles. The molecule has 4 heterocycles. The number of hydrogen-bond donors (Lipinski definition) is 0. The minimum absolute atomic E-state index is 0.0230. The number of rotatable bonds is 6. The molecule has 11 nitrogen and oxygen atoms in total. The summed E-state index contributed by atoms with van der Waals surface area (Å²) in [6.07, 6.45) is 6.20. The van der Waals surface area contributed by atoms with E-state index in [-0.39, 0.29) is 35.9 Å². The number of imidazole rings is 1. The highest BCUT2D eigenvalue weighted by molar-refractivity contribution is 5.95. The van der Waals surface area contributed by atoms with Crippen molar-refractivity contribution in [2.45, 2.75) is 25.2 Å². The van der Waals surface area contributed by atoms with Crippen LogP contribution in [0.1, 0.15) is 23.3 Å². The molecule has 0 saturated carbocycles. The normalized spacial score (nSPS) is 20.1. The molecule has 3 aromatic rings. The molecule has 2 fully saturated rings. The highest BCUT2D eigenvalue weighted by Crippen LogP contribution is 2.27. The van der Waals surface area contributed by atoms with E-state index in [2.05, 4.69) is 15.0 Å². The maximum atomic E-state index is 13.4. The quantitative estimate of drug-likeness (QED) is 0.511. The lowest BCUT2D eigenvalue weighted by atomic mass is 10.0. The fourth-order valence-electron chi connectivity index (χ4n) is 4.70. The summed E-state index contributed by atoms with van der Waals surface area (Å²) in [6.45, 7) is 3.58. The van der Waals surface area contributed by atoms with Crippen molar-refractivity contribution in [3.63, 3.8) is 0 Å². The summed E-state index contributed by atoms with van der Waals surface area (Å²) in [5, 5.41) is 0. The highest BCUT2D eigenvalue weighted by atomic mass is 16.5. The van der Waals surface area contributed by atoms with Crippen LogP contribution in [0, 0.1) is 0 Å². The van der Waals surface area contributed by atoms with Crippen LogP contribution in [0.4, 0.5) is 0 Å². The largest absolute Gasteiger partial charge is 0.477 e. The van der Waals surface area contributed by atoms with Gasteiger partial charge in [-0.05, 0) is 19.1 Å². The first-order valence-corrected chi connectivity index (χ1v) is 11.7. The van der Waals surface area contributed by atoms with Crippen LogP contribution in [-0.4, -0.2) is 93.7 Å². The second-order valence-corrected chi connectivity index (χ2v) is 8.87. The molecule has 0 aliphatic carbocycles. The third-order valence-electron chi connectivity index (χ3n) is 6.51. The van der Waals surface area contributed by atoms with Crippen molar-refractivity contribution in [2.75, 3.05) is 40.4 Å². The predicted molar refractivity (Wildman–Crippen MR) is 129 cm³/mol. The lowest BCUT2D eigenvalue weighted by Crippen LogP contribution is -2.62. The highest BCUT2D eigenvalue weighted by Gasteiger charge is 2.39. The van der Waals surface area contributed by atoms with E-state index in [1.165, 1.54) is 14.2 Å². The maximum Gasteiger partial charge on any atom is 0.278 e. The van der Waals surface area contributed by atoms with Gasteiger partial charge in [0.25, 0.3) is 17.7 Å². The molecule has 0 spiro atoms. The summed E-state index contributed by atoms with van der Waals surface area (Å²) in [5.74, 6) is 0.499. The van der Waals surface area contributed by atoms with E-state index in [0.717, 1.165) is 5.56 Å². The topological polar surface area (TPSA) is 112 Å². The van der Waals surface area contributed by atoms with E-state index >= 15 is 0 Å². The van der Waals surface area contributed by atoms with Gasteiger partial charge in [0, 0.05) is 49.7 Å². The number of aromatic nitrogens is 4. The molecule has 11 heteroatoms. The molecule has 2 aliphatic heterocycles. The van der Waals surface area contributed by atoms with Crippen LogP contribution in [0.2, 0.25) is 0 Å². The van der Waals surface area contributed by atoms with Gasteiger partial charge in [-0.25, -0.2) is 15.0 Å². The van der Waals surface area contributed by atoms with Gasteiger partial charge in [0.2, 0.25) is 5.91 Å². The summed E-state index contributed by atoms with van der Waals surface area (Å²) in [7, 11) is 3.00. The molecule has 3 atom stereocenters. The summed E-state index contributed by atoms with van der Waals surface area (Å²) in [4.78, 5) is 42.8. The fourth-order valence-corrected chi connectivity index (χ4v) is 4.70. The summed E-state index contributed by atoms with van der Waals surface area (Å²) in [5.41, 5.74) is 1.86. The number of fused-ring (bicyclic) bond motifs is 2. The van der Waals surface area contributed by atoms with Crippen molar-refractivity contribution >= 4 is 11.8 Å². The van der Waals surface area contributed by atoms with Gasteiger partial charge in [-0.1, -0.05) is 12.1 Å². The Labute approximate surface area is 208 Å². The monoisotopic (exact) mass is 492 g/mol. The third kappa shape index (κ3) is 4.61. The molecule has 0 N–H and O–H groups in total. The number of benzene rings is 1. The number of amides is 2. The average Bonchev–Trinajstić information content (AvgIpc) is 3.46. The summed E-state index contributed by atoms with van der Waals surface area (Å²) in [6, 6.07) is 6.93. The average molecular weight is 493 g/mol. The Morgan fingerprint density at radius 3 is 2.44 bits per heavy atom. The van der Waals surface area contributed by atoms with Gasteiger partial charge < -0.3 is 28.6 Å². The van der Waals surface area contributed by atoms with E-state index in [0.29, 0.717) is 43.3 Å². The molecule has 36 heavy (non-hydrogen) atoms. The maximum absolute atomic E-state index is 13.4. The van der Waals surface area contributed by atoms with E-state index < -0.39 is 0 Å². The lowest BCUT2D eigenvalue weighted by molar-refractivity contribution is -0.159. The SMILES string of the molecule is COc1ncc(-c2cccc(C(=O)N3CC4CN(C(=O)C(C)n5ccnc5)CC(C3)O4)c2)nc1OC. The van der Waals surface area contributed by atoms with Crippen molar-refractivity contribution in [2.24, 2.45) is 0 Å². The molecule has 3 unspecified atom stereocenters. The van der Waals surface area contributed by atoms with Crippen LogP contribution in [0.5, 0.6) is 11.8 Å². The van der Waals surface area contributed by atoms with Gasteiger partial charge in [0.15, 0.2) is 0 Å². The Morgan fingerprint density at radius 2 is 1.78 bits per heavy atom. The van der Waals surface area contributed by atoms with Gasteiger partial charge in [0.05, 0.1) is 44.6 Å². The molecule has 2 aromatic heterocycles. The van der Waals surface area contributed by atoms with Crippen LogP contribution >= 0.6 is 0 Å². The number of hydrogen-bond acceptors (Lipinski definition) is 8. The standard InChI is InChI=1S/C25H28N6O5/c1-16(29-8-7-26-15-29)24(32)30-11-19-13-31(14-20(12-30)36-19)25(33)18-6-4-5-17(9-18)21-10-27-22(34-2)23(28-21)35-3/h4-10,15-16,19-20H,11-14H2,1-3H3. The van der Waals surface area contributed by atoms with Gasteiger partial charge in [-0.2, -0.15) is 0 Å². The number of nitrogens with zero attached hydrogens (tertiary/aromatic N) is 6. The second kappa shape index (κ2) is 9.94. The van der Waals surface area contributed by atoms with Gasteiger partial charge in [0.1, 0.15) is 6.04 Å². The minimum atomic E-state index is -0.341. The van der Waals surface area contributed by atoms with Crippen LogP contribution in [0.25, 0.3) is 11.3 Å². The first-order chi connectivity index (χ1) is 17.5. The number of methoxy groups -OCH3 is 2. The zero-order chi connectivity index (χ0) is 25.2. The molecule has 2 amide bonds. The van der Waals surface area contributed by atoms with Crippen molar-refractivity contribution < 1.29 is 23.8 Å². The first-order valence-electron chi connectivity index (χ1n) is 11.7. The minimum Gasteiger partial charge on any atom is -0.477 e. The Hall–Kier alpha value is -3.99. The molecule has 2 aliphatic rings. The second-order valence-electron chi connectivity index (χ2n) is 8.87. The molecule has 5 rings (SSSR count). The zero-order valence-corrected chi connectivity index (χ0v) is 20.4. The number of carbonyl (C=O) groups excluding carboxylic acids is 2.